The maximum Gasteiger partial charge on any atom is 0.289 e. The molecule has 28 heavy (non-hydrogen) atoms. The van der Waals surface area contributed by atoms with Crippen LogP contribution in [0, 0.1) is 0 Å². The highest BCUT2D eigenvalue weighted by Gasteiger charge is 2.27. The number of anilines is 2. The number of para-hydroxylation sites is 1. The highest BCUT2D eigenvalue weighted by atomic mass is 35.5. The minimum atomic E-state index is -4.07. The number of halogens is 1. The number of nitrogens with zero attached hydrogens (tertiary/aromatic N) is 3. The smallest absolute Gasteiger partial charge is 0.289 e. The molecule has 1 aliphatic rings. The van der Waals surface area contributed by atoms with E-state index in [0.29, 0.717) is 27.7 Å². The fourth-order valence-electron chi connectivity index (χ4n) is 2.89. The third-order valence-electron chi connectivity index (χ3n) is 4.33. The summed E-state index contributed by atoms with van der Waals surface area (Å²) in [7, 11) is -5.07. The van der Waals surface area contributed by atoms with E-state index in [2.05, 4.69) is 14.6 Å². The second kappa shape index (κ2) is 8.15. The van der Waals surface area contributed by atoms with Crippen LogP contribution in [0.2, 0.25) is 5.02 Å². The van der Waals surface area contributed by atoms with Crippen LogP contribution in [0.25, 0.3) is 0 Å². The van der Waals surface area contributed by atoms with Crippen molar-refractivity contribution in [3.8, 4) is 0 Å². The van der Waals surface area contributed by atoms with Crippen LogP contribution >= 0.6 is 22.9 Å². The number of aromatic nitrogens is 1. The predicted molar refractivity (Wildman–Crippen MR) is 111 cm³/mol. The van der Waals surface area contributed by atoms with Gasteiger partial charge in [-0.1, -0.05) is 29.0 Å². The molecule has 3 rings (SSSR count). The van der Waals surface area contributed by atoms with Crippen molar-refractivity contribution in [2.24, 2.45) is 0 Å². The predicted octanol–water partition coefficient (Wildman–Crippen LogP) is 2.84. The van der Waals surface area contributed by atoms with E-state index in [1.165, 1.54) is 14.1 Å². The van der Waals surface area contributed by atoms with Crippen LogP contribution in [-0.4, -0.2) is 53.3 Å². The van der Waals surface area contributed by atoms with Crippen LogP contribution in [0.1, 0.15) is 19.3 Å². The monoisotopic (exact) mass is 464 g/mol. The Balaban J connectivity index is 1.94. The van der Waals surface area contributed by atoms with Crippen LogP contribution in [0.15, 0.2) is 32.9 Å². The molecule has 0 spiro atoms. The molecule has 0 unspecified atom stereocenters. The van der Waals surface area contributed by atoms with Gasteiger partial charge in [0.05, 0.1) is 22.6 Å². The molecule has 0 atom stereocenters. The first-order valence-corrected chi connectivity index (χ1v) is 12.7. The van der Waals surface area contributed by atoms with Crippen molar-refractivity contribution in [1.29, 1.82) is 0 Å². The quantitative estimate of drug-likeness (QED) is 0.705. The summed E-state index contributed by atoms with van der Waals surface area (Å²) >= 11 is 6.96. The second-order valence-electron chi connectivity index (χ2n) is 6.52. The van der Waals surface area contributed by atoms with Crippen LogP contribution in [0.4, 0.5) is 11.4 Å². The van der Waals surface area contributed by atoms with Crippen LogP contribution in [0.5, 0.6) is 0 Å². The molecule has 1 N–H and O–H groups in total. The molecule has 2 aromatic rings. The van der Waals surface area contributed by atoms with Crippen molar-refractivity contribution in [3.63, 3.8) is 0 Å². The van der Waals surface area contributed by atoms with E-state index >= 15 is 0 Å². The maximum absolute atomic E-state index is 12.8. The van der Waals surface area contributed by atoms with E-state index in [0.717, 1.165) is 42.9 Å². The van der Waals surface area contributed by atoms with Gasteiger partial charge in [-0.05, 0) is 31.4 Å². The standard InChI is InChI=1S/C16H21ClN4O4S3/c1-20(2)28(24,25)14-11-18-16(26-14)27(22,23)19-13-8-6-7-12(17)15(13)21-9-4-3-5-10-21/h6-8,11,19H,3-5,9-10H2,1-2H3. The summed E-state index contributed by atoms with van der Waals surface area (Å²) in [6.07, 6.45) is 4.20. The van der Waals surface area contributed by atoms with Gasteiger partial charge in [0.15, 0.2) is 4.21 Å². The van der Waals surface area contributed by atoms with Crippen molar-refractivity contribution < 1.29 is 16.8 Å². The van der Waals surface area contributed by atoms with Gasteiger partial charge in [0, 0.05) is 27.2 Å². The summed E-state index contributed by atoms with van der Waals surface area (Å²) in [6, 6.07) is 5.02. The molecule has 2 heterocycles. The molecule has 12 heteroatoms. The van der Waals surface area contributed by atoms with Gasteiger partial charge in [-0.25, -0.2) is 17.7 Å². The number of benzene rings is 1. The van der Waals surface area contributed by atoms with Crippen molar-refractivity contribution in [2.75, 3.05) is 36.8 Å². The minimum Gasteiger partial charge on any atom is -0.369 e. The van der Waals surface area contributed by atoms with E-state index in [1.807, 2.05) is 0 Å². The lowest BCUT2D eigenvalue weighted by molar-refractivity contribution is 0.523. The average molecular weight is 465 g/mol. The summed E-state index contributed by atoms with van der Waals surface area (Å²) in [5.41, 5.74) is 0.978. The van der Waals surface area contributed by atoms with E-state index in [9.17, 15) is 16.8 Å². The molecule has 0 bridgehead atoms. The normalized spacial score (nSPS) is 15.8. The Kier molecular flexibility index (Phi) is 6.20. The molecule has 0 radical (unpaired) electrons. The molecule has 0 saturated carbocycles. The number of hydrogen-bond acceptors (Lipinski definition) is 7. The van der Waals surface area contributed by atoms with Gasteiger partial charge in [0.1, 0.15) is 0 Å². The summed E-state index contributed by atoms with van der Waals surface area (Å²) < 4.78 is 53.1. The zero-order valence-corrected chi connectivity index (χ0v) is 18.6. The van der Waals surface area contributed by atoms with Crippen molar-refractivity contribution >= 4 is 54.4 Å². The fraction of sp³-hybridized carbons (Fsp3) is 0.438. The molecule has 0 amide bonds. The summed E-state index contributed by atoms with van der Waals surface area (Å²) in [5, 5.41) is 0.456. The molecule has 1 aliphatic heterocycles. The Bertz CT molecular complexity index is 1060. The van der Waals surface area contributed by atoms with Crippen LogP contribution < -0.4 is 9.62 Å². The van der Waals surface area contributed by atoms with Crippen molar-refractivity contribution in [1.82, 2.24) is 9.29 Å². The molecule has 0 aliphatic carbocycles. The largest absolute Gasteiger partial charge is 0.369 e. The van der Waals surface area contributed by atoms with E-state index in [-0.39, 0.29) is 8.55 Å². The molecule has 1 aromatic carbocycles. The van der Waals surface area contributed by atoms with E-state index < -0.39 is 20.0 Å². The molecular formula is C16H21ClN4O4S3. The summed E-state index contributed by atoms with van der Waals surface area (Å²) in [5.74, 6) is 0. The first-order valence-electron chi connectivity index (χ1n) is 8.57. The van der Waals surface area contributed by atoms with Crippen molar-refractivity contribution in [2.45, 2.75) is 27.8 Å². The highest BCUT2D eigenvalue weighted by molar-refractivity contribution is 7.95. The lowest BCUT2D eigenvalue weighted by Gasteiger charge is -2.31. The zero-order valence-electron chi connectivity index (χ0n) is 15.4. The van der Waals surface area contributed by atoms with E-state index in [4.69, 9.17) is 11.6 Å². The second-order valence-corrected chi connectivity index (χ2v) is 12.2. The molecule has 8 nitrogen and oxygen atoms in total. The van der Waals surface area contributed by atoms with Gasteiger partial charge in [-0.15, -0.1) is 0 Å². The topological polar surface area (TPSA) is 99.7 Å². The highest BCUT2D eigenvalue weighted by Crippen LogP contribution is 2.37. The van der Waals surface area contributed by atoms with Gasteiger partial charge in [0.2, 0.25) is 4.34 Å². The lowest BCUT2D eigenvalue weighted by atomic mass is 10.1. The Hall–Kier alpha value is -1.40. The average Bonchev–Trinajstić information content (AvgIpc) is 3.14. The first-order chi connectivity index (χ1) is 13.1. The van der Waals surface area contributed by atoms with Crippen LogP contribution in [0.3, 0.4) is 0 Å². The molecule has 1 fully saturated rings. The van der Waals surface area contributed by atoms with Crippen molar-refractivity contribution in [3.05, 3.63) is 29.4 Å². The van der Waals surface area contributed by atoms with Gasteiger partial charge in [-0.3, -0.25) is 4.72 Å². The number of piperidine rings is 1. The SMILES string of the molecule is CN(C)S(=O)(=O)c1cnc(S(=O)(=O)Nc2cccc(Cl)c2N2CCCCC2)s1. The third kappa shape index (κ3) is 4.28. The van der Waals surface area contributed by atoms with Gasteiger partial charge in [0.25, 0.3) is 20.0 Å². The minimum absolute atomic E-state index is 0.139. The van der Waals surface area contributed by atoms with Gasteiger partial charge < -0.3 is 4.90 Å². The lowest BCUT2D eigenvalue weighted by Crippen LogP contribution is -2.30. The molecule has 1 aromatic heterocycles. The Morgan fingerprint density at radius 3 is 2.46 bits per heavy atom. The number of nitrogens with one attached hydrogen (secondary N) is 1. The maximum atomic E-state index is 12.8. The number of thiazole rings is 1. The van der Waals surface area contributed by atoms with E-state index in [1.54, 1.807) is 18.2 Å². The number of sulfonamides is 2. The first kappa shape index (κ1) is 21.3. The van der Waals surface area contributed by atoms with Gasteiger partial charge in [-0.2, -0.15) is 8.42 Å². The number of hydrogen-bond donors (Lipinski definition) is 1. The Labute approximate surface area is 174 Å². The fourth-order valence-corrected chi connectivity index (χ4v) is 6.95. The number of rotatable bonds is 6. The summed E-state index contributed by atoms with van der Waals surface area (Å²) in [6.45, 7) is 1.59. The van der Waals surface area contributed by atoms with Gasteiger partial charge >= 0.3 is 0 Å². The molecular weight excluding hydrogens is 444 g/mol. The molecule has 1 saturated heterocycles. The Morgan fingerprint density at radius 1 is 1.14 bits per heavy atom. The molecule has 154 valence electrons. The summed E-state index contributed by atoms with van der Waals surface area (Å²) in [4.78, 5) is 5.88. The zero-order chi connectivity index (χ0) is 20.5. The third-order valence-corrected chi connectivity index (χ3v) is 9.64. The Morgan fingerprint density at radius 2 is 1.82 bits per heavy atom. The van der Waals surface area contributed by atoms with Crippen LogP contribution in [-0.2, 0) is 20.0 Å².